The Morgan fingerprint density at radius 2 is 2.33 bits per heavy atom. The predicted molar refractivity (Wildman–Crippen MR) is 58.4 cm³/mol. The minimum Gasteiger partial charge on any atom is -0.555 e. The molecule has 1 saturated heterocycles. The van der Waals surface area contributed by atoms with Crippen LogP contribution in [0.15, 0.2) is 11.6 Å². The molecule has 80 valence electrons. The van der Waals surface area contributed by atoms with Gasteiger partial charge in [-0.1, -0.05) is 11.6 Å². The summed E-state index contributed by atoms with van der Waals surface area (Å²) in [7, 11) is -0.424. The molecule has 2 atom stereocenters. The molecule has 2 aliphatic rings. The molecule has 1 fully saturated rings. The lowest BCUT2D eigenvalue weighted by atomic mass is 9.83. The van der Waals surface area contributed by atoms with E-state index in [4.69, 9.17) is 3.48 Å². The van der Waals surface area contributed by atoms with Crippen molar-refractivity contribution in [1.29, 1.82) is 0 Å². The molecular formula is C9H13AlO4Si. The van der Waals surface area contributed by atoms with Gasteiger partial charge in [0.05, 0.1) is 11.8 Å². The van der Waals surface area contributed by atoms with Gasteiger partial charge in [-0.15, -0.1) is 0 Å². The molecule has 0 aromatic rings. The fourth-order valence-corrected chi connectivity index (χ4v) is 3.65. The van der Waals surface area contributed by atoms with Crippen molar-refractivity contribution in [3.63, 3.8) is 0 Å². The summed E-state index contributed by atoms with van der Waals surface area (Å²) in [6.07, 6.45) is 3.62. The molecule has 1 aliphatic heterocycles. The number of rotatable bonds is 3. The van der Waals surface area contributed by atoms with Crippen LogP contribution in [0, 0.1) is 11.8 Å². The van der Waals surface area contributed by atoms with Gasteiger partial charge in [0.2, 0.25) is 0 Å². The van der Waals surface area contributed by atoms with E-state index in [-0.39, 0.29) is 23.8 Å². The van der Waals surface area contributed by atoms with Crippen molar-refractivity contribution in [2.75, 3.05) is 0 Å². The summed E-state index contributed by atoms with van der Waals surface area (Å²) < 4.78 is 9.88. The van der Waals surface area contributed by atoms with Gasteiger partial charge in [-0.2, -0.15) is 0 Å². The van der Waals surface area contributed by atoms with E-state index in [9.17, 15) is 9.59 Å². The molecule has 0 amide bonds. The van der Waals surface area contributed by atoms with Crippen LogP contribution < -0.4 is 0 Å². The fourth-order valence-electron chi connectivity index (χ4n) is 2.16. The Kier molecular flexibility index (Phi) is 3.42. The van der Waals surface area contributed by atoms with Crippen LogP contribution in [0.3, 0.4) is 0 Å². The minimum atomic E-state index is -0.424. The van der Waals surface area contributed by atoms with E-state index >= 15 is 0 Å². The predicted octanol–water partition coefficient (Wildman–Crippen LogP) is -0.911. The van der Waals surface area contributed by atoms with E-state index in [1.165, 1.54) is 5.57 Å². The highest BCUT2D eigenvalue weighted by atomic mass is 28.2. The lowest BCUT2D eigenvalue weighted by Gasteiger charge is -2.19. The summed E-state index contributed by atoms with van der Waals surface area (Å²) in [5.74, 6) is -1.21. The number of hydrogen-bond donors (Lipinski definition) is 0. The highest BCUT2D eigenvalue weighted by molar-refractivity contribution is 6.35. The van der Waals surface area contributed by atoms with E-state index < -0.39 is 9.76 Å². The molecule has 0 bridgehead atoms. The van der Waals surface area contributed by atoms with Crippen LogP contribution in [0.5, 0.6) is 0 Å². The van der Waals surface area contributed by atoms with E-state index in [0.29, 0.717) is 0 Å². The number of ether oxygens (including phenoxy) is 1. The Morgan fingerprint density at radius 3 is 3.07 bits per heavy atom. The highest BCUT2D eigenvalue weighted by Crippen LogP contribution is 2.36. The van der Waals surface area contributed by atoms with Gasteiger partial charge in [0.15, 0.2) is 0 Å². The molecule has 2 unspecified atom stereocenters. The molecule has 1 heterocycles. The van der Waals surface area contributed by atoms with Gasteiger partial charge in [-0.05, 0) is 18.9 Å². The van der Waals surface area contributed by atoms with E-state index in [2.05, 4.69) is 4.74 Å². The van der Waals surface area contributed by atoms with Gasteiger partial charge in [-0.3, -0.25) is 9.59 Å². The molecule has 0 aromatic carbocycles. The van der Waals surface area contributed by atoms with E-state index in [1.807, 2.05) is 6.08 Å². The van der Waals surface area contributed by atoms with Crippen molar-refractivity contribution in [3.05, 3.63) is 11.6 Å². The fraction of sp³-hybridized carbons (Fsp3) is 0.556. The molecule has 0 radical (unpaired) electrons. The standard InChI is InChI=1S/C9H11O4Si.Al.2H/c10-8-6-2-1-5(4-14-12)3-7(6)9(11)13-8;;;/h3,6-7H,1-2,4,14H2;;;/q-1;+1;;. The van der Waals surface area contributed by atoms with Crippen molar-refractivity contribution in [1.82, 2.24) is 0 Å². The van der Waals surface area contributed by atoms with Crippen LogP contribution >= 0.6 is 0 Å². The van der Waals surface area contributed by atoms with Crippen molar-refractivity contribution in [2.24, 2.45) is 11.8 Å². The minimum absolute atomic E-state index is 0.208. The topological polar surface area (TPSA) is 52.6 Å². The molecule has 4 nitrogen and oxygen atoms in total. The summed E-state index contributed by atoms with van der Waals surface area (Å²) >= 11 is 0.804. The SMILES string of the molecule is O=C1OC(=O)C2CCC(C[SiH2][O][AlH2])=CC12. The molecule has 0 saturated carbocycles. The van der Waals surface area contributed by atoms with Crippen LogP contribution in [-0.4, -0.2) is 38.3 Å². The maximum atomic E-state index is 11.3. The summed E-state index contributed by atoms with van der Waals surface area (Å²) in [4.78, 5) is 22.6. The number of cyclic esters (lactones) is 2. The summed E-state index contributed by atoms with van der Waals surface area (Å²) in [5, 5.41) is 0. The number of hydrogen-bond acceptors (Lipinski definition) is 4. The number of carbonyl (C=O) groups is 2. The summed E-state index contributed by atoms with van der Waals surface area (Å²) in [6, 6.07) is 1.01. The Morgan fingerprint density at radius 1 is 1.53 bits per heavy atom. The molecular weight excluding hydrogens is 227 g/mol. The van der Waals surface area contributed by atoms with E-state index in [0.717, 1.165) is 35.5 Å². The Hall–Kier alpha value is -0.411. The monoisotopic (exact) mass is 240 g/mol. The third-order valence-corrected chi connectivity index (χ3v) is 5.51. The zero-order valence-corrected chi connectivity index (χ0v) is 12.1. The first-order valence-electron chi connectivity index (χ1n) is 5.16. The second-order valence-corrected chi connectivity index (χ2v) is 7.20. The van der Waals surface area contributed by atoms with E-state index in [1.54, 1.807) is 0 Å². The molecule has 1 aliphatic carbocycles. The Bertz CT molecular complexity index is 328. The highest BCUT2D eigenvalue weighted by Gasteiger charge is 2.44. The smallest absolute Gasteiger partial charge is 0.398 e. The second kappa shape index (κ2) is 4.62. The number of esters is 2. The maximum absolute atomic E-state index is 11.3. The number of allylic oxidation sites excluding steroid dienone is 1. The molecule has 0 aromatic heterocycles. The first kappa shape index (κ1) is 11.1. The van der Waals surface area contributed by atoms with Crippen molar-refractivity contribution < 1.29 is 17.8 Å². The number of carbonyl (C=O) groups excluding carboxylic acids is 2. The number of fused-ring (bicyclic) bond motifs is 1. The van der Waals surface area contributed by atoms with Crippen molar-refractivity contribution in [3.8, 4) is 0 Å². The van der Waals surface area contributed by atoms with Crippen LogP contribution in [0.25, 0.3) is 0 Å². The molecule has 15 heavy (non-hydrogen) atoms. The molecule has 0 spiro atoms. The first-order chi connectivity index (χ1) is 7.22. The van der Waals surface area contributed by atoms with Crippen molar-refractivity contribution >= 4 is 38.3 Å². The lowest BCUT2D eigenvalue weighted by molar-refractivity contribution is -0.153. The van der Waals surface area contributed by atoms with Crippen LogP contribution in [0.2, 0.25) is 6.04 Å². The third-order valence-electron chi connectivity index (χ3n) is 3.03. The second-order valence-electron chi connectivity index (χ2n) is 3.98. The van der Waals surface area contributed by atoms with Gasteiger partial charge in [0, 0.05) is 0 Å². The van der Waals surface area contributed by atoms with Crippen LogP contribution in [-0.2, 0) is 17.8 Å². The molecule has 2 rings (SSSR count). The normalized spacial score (nSPS) is 30.5. The van der Waals surface area contributed by atoms with Gasteiger partial charge >= 0.3 is 28.6 Å². The zero-order valence-electron chi connectivity index (χ0n) is 8.69. The zero-order chi connectivity index (χ0) is 10.8. The largest absolute Gasteiger partial charge is 0.555 e. The summed E-state index contributed by atoms with van der Waals surface area (Å²) in [5.41, 5.74) is 1.28. The molecule has 0 N–H and O–H groups in total. The van der Waals surface area contributed by atoms with Gasteiger partial charge in [0.1, 0.15) is 9.76 Å². The quantitative estimate of drug-likeness (QED) is 0.277. The third kappa shape index (κ3) is 2.23. The average molecular weight is 240 g/mol. The lowest BCUT2D eigenvalue weighted by Crippen LogP contribution is -2.20. The van der Waals surface area contributed by atoms with Crippen LogP contribution in [0.4, 0.5) is 0 Å². The van der Waals surface area contributed by atoms with Gasteiger partial charge in [0.25, 0.3) is 0 Å². The molecule has 6 heteroatoms. The summed E-state index contributed by atoms with van der Waals surface area (Å²) in [6.45, 7) is 0. The average Bonchev–Trinajstić information content (AvgIpc) is 2.52. The Balaban J connectivity index is 2.07. The Labute approximate surface area is 98.7 Å². The van der Waals surface area contributed by atoms with Gasteiger partial charge in [-0.25, -0.2) is 0 Å². The van der Waals surface area contributed by atoms with Crippen LogP contribution in [0.1, 0.15) is 12.8 Å². The maximum Gasteiger partial charge on any atom is 0.398 e. The first-order valence-corrected chi connectivity index (χ1v) is 7.56. The van der Waals surface area contributed by atoms with Gasteiger partial charge < -0.3 is 8.21 Å². The van der Waals surface area contributed by atoms with Crippen molar-refractivity contribution in [2.45, 2.75) is 18.9 Å².